The van der Waals surface area contributed by atoms with Crippen molar-refractivity contribution in [2.75, 3.05) is 0 Å². The summed E-state index contributed by atoms with van der Waals surface area (Å²) in [4.78, 5) is 11.8. The molecule has 0 saturated carbocycles. The molecule has 0 atom stereocenters. The average molecular weight is 242 g/mol. The third kappa shape index (κ3) is 3.35. The van der Waals surface area contributed by atoms with Gasteiger partial charge in [0.25, 0.3) is 0 Å². The highest BCUT2D eigenvalue weighted by atomic mass is 16.3. The van der Waals surface area contributed by atoms with Crippen LogP contribution in [0.2, 0.25) is 0 Å². The second-order valence-electron chi connectivity index (χ2n) is 4.23. The van der Waals surface area contributed by atoms with Crippen molar-refractivity contribution in [2.24, 2.45) is 0 Å². The minimum absolute atomic E-state index is 0.103. The number of carbonyl (C=O) groups is 1. The SMILES string of the molecule is O=C(Cc1ccc(O)cc1)Cc1ccc(O)cc1. The van der Waals surface area contributed by atoms with E-state index in [1.165, 1.54) is 0 Å². The number of phenols is 2. The molecule has 0 aliphatic rings. The third-order valence-corrected chi connectivity index (χ3v) is 2.68. The Kier molecular flexibility index (Phi) is 3.63. The van der Waals surface area contributed by atoms with E-state index in [9.17, 15) is 4.79 Å². The monoisotopic (exact) mass is 242 g/mol. The van der Waals surface area contributed by atoms with Crippen LogP contribution in [0.1, 0.15) is 11.1 Å². The van der Waals surface area contributed by atoms with Gasteiger partial charge < -0.3 is 10.2 Å². The lowest BCUT2D eigenvalue weighted by atomic mass is 10.0. The van der Waals surface area contributed by atoms with Gasteiger partial charge in [-0.25, -0.2) is 0 Å². The highest BCUT2D eigenvalue weighted by Crippen LogP contribution is 2.13. The molecule has 2 aromatic carbocycles. The van der Waals surface area contributed by atoms with Crippen LogP contribution >= 0.6 is 0 Å². The Morgan fingerprint density at radius 2 is 1.06 bits per heavy atom. The first-order chi connectivity index (χ1) is 8.63. The van der Waals surface area contributed by atoms with Gasteiger partial charge in [0.05, 0.1) is 0 Å². The summed E-state index contributed by atoms with van der Waals surface area (Å²) < 4.78 is 0. The van der Waals surface area contributed by atoms with Crippen molar-refractivity contribution in [1.82, 2.24) is 0 Å². The summed E-state index contributed by atoms with van der Waals surface area (Å²) in [5, 5.41) is 18.3. The molecule has 0 aliphatic heterocycles. The molecule has 2 aromatic rings. The standard InChI is InChI=1S/C15H14O3/c16-13-5-1-11(2-6-13)9-15(18)10-12-3-7-14(17)8-4-12/h1-8,16-17H,9-10H2. The molecule has 0 bridgehead atoms. The first kappa shape index (κ1) is 12.2. The number of rotatable bonds is 4. The number of hydrogen-bond donors (Lipinski definition) is 2. The van der Waals surface area contributed by atoms with Crippen LogP contribution in [0.3, 0.4) is 0 Å². The first-order valence-corrected chi connectivity index (χ1v) is 5.71. The molecule has 2 N–H and O–H groups in total. The summed E-state index contributed by atoms with van der Waals surface area (Å²) in [6, 6.07) is 13.3. The van der Waals surface area contributed by atoms with Gasteiger partial charge >= 0.3 is 0 Å². The minimum atomic E-state index is 0.103. The normalized spacial score (nSPS) is 10.2. The molecule has 92 valence electrons. The smallest absolute Gasteiger partial charge is 0.141 e. The number of benzene rings is 2. The molecular formula is C15H14O3. The maximum absolute atomic E-state index is 11.8. The summed E-state index contributed by atoms with van der Waals surface area (Å²) in [6.07, 6.45) is 0.697. The zero-order valence-corrected chi connectivity index (χ0v) is 9.84. The van der Waals surface area contributed by atoms with Crippen LogP contribution in [0.4, 0.5) is 0 Å². The van der Waals surface area contributed by atoms with Crippen LogP contribution in [0.25, 0.3) is 0 Å². The van der Waals surface area contributed by atoms with Gasteiger partial charge in [0, 0.05) is 12.8 Å². The van der Waals surface area contributed by atoms with E-state index < -0.39 is 0 Å². The van der Waals surface area contributed by atoms with Gasteiger partial charge in [0.15, 0.2) is 0 Å². The fraction of sp³-hybridized carbons (Fsp3) is 0.133. The molecule has 18 heavy (non-hydrogen) atoms. The second-order valence-corrected chi connectivity index (χ2v) is 4.23. The largest absolute Gasteiger partial charge is 0.508 e. The first-order valence-electron chi connectivity index (χ1n) is 5.71. The Labute approximate surface area is 105 Å². The van der Waals surface area contributed by atoms with E-state index in [4.69, 9.17) is 10.2 Å². The maximum Gasteiger partial charge on any atom is 0.141 e. The van der Waals surface area contributed by atoms with Gasteiger partial charge in [-0.05, 0) is 35.4 Å². The van der Waals surface area contributed by atoms with E-state index in [1.54, 1.807) is 48.5 Å². The molecule has 0 unspecified atom stereocenters. The molecule has 0 aliphatic carbocycles. The topological polar surface area (TPSA) is 57.5 Å². The van der Waals surface area contributed by atoms with Crippen LogP contribution in [-0.2, 0) is 17.6 Å². The molecule has 2 rings (SSSR count). The highest BCUT2D eigenvalue weighted by molar-refractivity contribution is 5.83. The van der Waals surface area contributed by atoms with Crippen LogP contribution in [0.5, 0.6) is 11.5 Å². The number of aromatic hydroxyl groups is 2. The molecule has 0 aromatic heterocycles. The lowest BCUT2D eigenvalue weighted by Gasteiger charge is -2.02. The van der Waals surface area contributed by atoms with Gasteiger partial charge in [-0.3, -0.25) is 4.79 Å². The van der Waals surface area contributed by atoms with Crippen LogP contribution in [0, 0.1) is 0 Å². The number of hydrogen-bond acceptors (Lipinski definition) is 3. The molecule has 3 nitrogen and oxygen atoms in total. The molecule has 3 heteroatoms. The Hall–Kier alpha value is -2.29. The number of carbonyl (C=O) groups excluding carboxylic acids is 1. The zero-order valence-electron chi connectivity index (χ0n) is 9.84. The number of phenolic OH excluding ortho intramolecular Hbond substituents is 2. The van der Waals surface area contributed by atoms with Gasteiger partial charge in [0.1, 0.15) is 17.3 Å². The van der Waals surface area contributed by atoms with E-state index in [2.05, 4.69) is 0 Å². The summed E-state index contributed by atoms with van der Waals surface area (Å²) in [5.74, 6) is 0.501. The average Bonchev–Trinajstić information content (AvgIpc) is 2.35. The van der Waals surface area contributed by atoms with E-state index >= 15 is 0 Å². The van der Waals surface area contributed by atoms with Crippen LogP contribution in [-0.4, -0.2) is 16.0 Å². The van der Waals surface area contributed by atoms with Crippen molar-refractivity contribution in [3.05, 3.63) is 59.7 Å². The van der Waals surface area contributed by atoms with Gasteiger partial charge in [0.2, 0.25) is 0 Å². The Morgan fingerprint density at radius 3 is 1.39 bits per heavy atom. The molecule has 0 amide bonds. The van der Waals surface area contributed by atoms with Crippen LogP contribution in [0.15, 0.2) is 48.5 Å². The lowest BCUT2D eigenvalue weighted by Crippen LogP contribution is -2.06. The van der Waals surface area contributed by atoms with Gasteiger partial charge in [-0.1, -0.05) is 24.3 Å². The van der Waals surface area contributed by atoms with Crippen molar-refractivity contribution in [3.63, 3.8) is 0 Å². The molecule has 0 spiro atoms. The van der Waals surface area contributed by atoms with E-state index in [0.717, 1.165) is 11.1 Å². The second kappa shape index (κ2) is 5.36. The molecule has 0 saturated heterocycles. The minimum Gasteiger partial charge on any atom is -0.508 e. The zero-order chi connectivity index (χ0) is 13.0. The quantitative estimate of drug-likeness (QED) is 0.865. The lowest BCUT2D eigenvalue weighted by molar-refractivity contribution is -0.117. The summed E-state index contributed by atoms with van der Waals surface area (Å²) in [5.41, 5.74) is 1.77. The predicted octanol–water partition coefficient (Wildman–Crippen LogP) is 2.45. The number of ketones is 1. The van der Waals surface area contributed by atoms with Crippen molar-refractivity contribution in [1.29, 1.82) is 0 Å². The van der Waals surface area contributed by atoms with Gasteiger partial charge in [-0.2, -0.15) is 0 Å². The maximum atomic E-state index is 11.8. The van der Waals surface area contributed by atoms with Crippen molar-refractivity contribution >= 4 is 5.78 Å². The fourth-order valence-electron chi connectivity index (χ4n) is 1.75. The number of Topliss-reactive ketones (excluding diaryl/α,β-unsaturated/α-hetero) is 1. The van der Waals surface area contributed by atoms with Gasteiger partial charge in [-0.15, -0.1) is 0 Å². The molecule has 0 fully saturated rings. The predicted molar refractivity (Wildman–Crippen MR) is 68.6 cm³/mol. The fourth-order valence-corrected chi connectivity index (χ4v) is 1.75. The Bertz CT molecular complexity index is 477. The summed E-state index contributed by atoms with van der Waals surface area (Å²) in [6.45, 7) is 0. The third-order valence-electron chi connectivity index (χ3n) is 2.68. The van der Waals surface area contributed by atoms with E-state index in [1.807, 2.05) is 0 Å². The van der Waals surface area contributed by atoms with Crippen molar-refractivity contribution < 1.29 is 15.0 Å². The van der Waals surface area contributed by atoms with E-state index in [0.29, 0.717) is 12.8 Å². The van der Waals surface area contributed by atoms with Crippen molar-refractivity contribution in [2.45, 2.75) is 12.8 Å². The van der Waals surface area contributed by atoms with E-state index in [-0.39, 0.29) is 17.3 Å². The Morgan fingerprint density at radius 1 is 0.722 bits per heavy atom. The molecule has 0 radical (unpaired) electrons. The summed E-state index contributed by atoms with van der Waals surface area (Å²) >= 11 is 0. The molecule has 0 heterocycles. The van der Waals surface area contributed by atoms with Crippen LogP contribution < -0.4 is 0 Å². The summed E-state index contributed by atoms with van der Waals surface area (Å²) in [7, 11) is 0. The Balaban J connectivity index is 1.96. The highest BCUT2D eigenvalue weighted by Gasteiger charge is 2.05. The molecular weight excluding hydrogens is 228 g/mol. The van der Waals surface area contributed by atoms with Crippen molar-refractivity contribution in [3.8, 4) is 11.5 Å².